The van der Waals surface area contributed by atoms with E-state index in [0.29, 0.717) is 5.56 Å². The summed E-state index contributed by atoms with van der Waals surface area (Å²) < 4.78 is 37.4. The summed E-state index contributed by atoms with van der Waals surface area (Å²) in [6.45, 7) is 3.88. The Labute approximate surface area is 136 Å². The normalized spacial score (nSPS) is 13.1. The van der Waals surface area contributed by atoms with Crippen molar-refractivity contribution in [3.63, 3.8) is 0 Å². The zero-order chi connectivity index (χ0) is 17.6. The van der Waals surface area contributed by atoms with Crippen LogP contribution in [0, 0.1) is 5.92 Å². The number of carboxylic acids is 1. The summed E-state index contributed by atoms with van der Waals surface area (Å²) in [6, 6.07) is 3.42. The van der Waals surface area contributed by atoms with Crippen molar-refractivity contribution in [2.45, 2.75) is 37.8 Å². The lowest BCUT2D eigenvalue weighted by Crippen LogP contribution is -2.41. The Morgan fingerprint density at radius 2 is 1.96 bits per heavy atom. The van der Waals surface area contributed by atoms with Gasteiger partial charge in [-0.1, -0.05) is 19.9 Å². The van der Waals surface area contributed by atoms with Crippen LogP contribution in [0.3, 0.4) is 0 Å². The number of methoxy groups -OCH3 is 2. The Bertz CT molecular complexity index is 641. The average Bonchev–Trinajstić information content (AvgIpc) is 2.46. The van der Waals surface area contributed by atoms with Crippen LogP contribution in [-0.2, 0) is 26.2 Å². The van der Waals surface area contributed by atoms with Crippen LogP contribution in [0.4, 0.5) is 0 Å². The number of aliphatic carboxylic acids is 1. The van der Waals surface area contributed by atoms with Gasteiger partial charge in [0.1, 0.15) is 16.7 Å². The molecule has 23 heavy (non-hydrogen) atoms. The average molecular weight is 345 g/mol. The Hall–Kier alpha value is -1.64. The van der Waals surface area contributed by atoms with Gasteiger partial charge in [-0.3, -0.25) is 4.79 Å². The predicted octanol–water partition coefficient (Wildman–Crippen LogP) is 1.62. The first kappa shape index (κ1) is 19.4. The molecule has 0 aromatic heterocycles. The van der Waals surface area contributed by atoms with E-state index in [1.54, 1.807) is 6.07 Å². The summed E-state index contributed by atoms with van der Waals surface area (Å²) in [5.74, 6) is -1.04. The number of rotatable bonds is 9. The molecule has 0 heterocycles. The Morgan fingerprint density at radius 1 is 1.30 bits per heavy atom. The molecule has 0 aliphatic carbocycles. The largest absolute Gasteiger partial charge is 0.495 e. The van der Waals surface area contributed by atoms with Crippen molar-refractivity contribution >= 4 is 16.0 Å². The minimum atomic E-state index is -4.05. The maximum atomic E-state index is 12.6. The van der Waals surface area contributed by atoms with Crippen LogP contribution in [0.25, 0.3) is 0 Å². The second-order valence-corrected chi connectivity index (χ2v) is 7.24. The van der Waals surface area contributed by atoms with Gasteiger partial charge in [-0.15, -0.1) is 0 Å². The lowest BCUT2D eigenvalue weighted by molar-refractivity contribution is -0.139. The summed E-state index contributed by atoms with van der Waals surface area (Å²) in [5, 5.41) is 9.22. The highest BCUT2D eigenvalue weighted by atomic mass is 32.2. The second kappa shape index (κ2) is 8.28. The molecule has 0 amide bonds. The molecule has 130 valence electrons. The molecule has 0 aliphatic heterocycles. The summed E-state index contributed by atoms with van der Waals surface area (Å²) in [5.41, 5.74) is 0.643. The molecular formula is C15H23NO6S. The zero-order valence-corrected chi connectivity index (χ0v) is 14.5. The lowest BCUT2D eigenvalue weighted by atomic mass is 10.1. The second-order valence-electron chi connectivity index (χ2n) is 5.56. The summed E-state index contributed by atoms with van der Waals surface area (Å²) in [6.07, 6.45) is 0.189. The topological polar surface area (TPSA) is 102 Å². The van der Waals surface area contributed by atoms with E-state index in [-0.39, 0.29) is 29.6 Å². The van der Waals surface area contributed by atoms with Gasteiger partial charge in [0.15, 0.2) is 0 Å². The standard InChI is InChI=1S/C15H23NO6S/c1-10(2)7-12(15(17)18)16-23(19,20)14-8-11(9-21-3)5-6-13(14)22-4/h5-6,8,10,12,16H,7,9H2,1-4H3,(H,17,18). The van der Waals surface area contributed by atoms with Gasteiger partial charge < -0.3 is 14.6 Å². The fourth-order valence-electron chi connectivity index (χ4n) is 2.11. The maximum Gasteiger partial charge on any atom is 0.321 e. The molecule has 0 saturated carbocycles. The Balaban J connectivity index is 3.19. The van der Waals surface area contributed by atoms with Gasteiger partial charge in [0.2, 0.25) is 10.0 Å². The molecule has 0 aliphatic rings. The first-order valence-corrected chi connectivity index (χ1v) is 8.60. The number of hydrogen-bond acceptors (Lipinski definition) is 5. The molecule has 1 atom stereocenters. The highest BCUT2D eigenvalue weighted by molar-refractivity contribution is 7.89. The van der Waals surface area contributed by atoms with Gasteiger partial charge >= 0.3 is 5.97 Å². The highest BCUT2D eigenvalue weighted by Crippen LogP contribution is 2.25. The molecule has 7 nitrogen and oxygen atoms in total. The van der Waals surface area contributed by atoms with Crippen LogP contribution in [0.15, 0.2) is 23.1 Å². The van der Waals surface area contributed by atoms with Crippen LogP contribution < -0.4 is 9.46 Å². The smallest absolute Gasteiger partial charge is 0.321 e. The summed E-state index contributed by atoms with van der Waals surface area (Å²) >= 11 is 0. The lowest BCUT2D eigenvalue weighted by Gasteiger charge is -2.18. The quantitative estimate of drug-likeness (QED) is 0.705. The summed E-state index contributed by atoms with van der Waals surface area (Å²) in [7, 11) is -1.19. The van der Waals surface area contributed by atoms with Gasteiger partial charge in [0.25, 0.3) is 0 Å². The summed E-state index contributed by atoms with van der Waals surface area (Å²) in [4.78, 5) is 11.2. The first-order chi connectivity index (χ1) is 10.7. The van der Waals surface area contributed by atoms with Crippen molar-refractivity contribution in [3.05, 3.63) is 23.8 Å². The number of benzene rings is 1. The van der Waals surface area contributed by atoms with Crippen molar-refractivity contribution in [3.8, 4) is 5.75 Å². The van der Waals surface area contributed by atoms with Crippen molar-refractivity contribution in [1.29, 1.82) is 0 Å². The zero-order valence-electron chi connectivity index (χ0n) is 13.7. The van der Waals surface area contributed by atoms with E-state index in [0.717, 1.165) is 0 Å². The maximum absolute atomic E-state index is 12.6. The number of sulfonamides is 1. The van der Waals surface area contributed by atoms with E-state index >= 15 is 0 Å². The van der Waals surface area contributed by atoms with Crippen molar-refractivity contribution in [1.82, 2.24) is 4.72 Å². The van der Waals surface area contributed by atoms with E-state index in [2.05, 4.69) is 4.72 Å². The van der Waals surface area contributed by atoms with Gasteiger partial charge in [-0.05, 0) is 30.0 Å². The molecule has 2 N–H and O–H groups in total. The van der Waals surface area contributed by atoms with Gasteiger partial charge in [0.05, 0.1) is 13.7 Å². The molecular weight excluding hydrogens is 322 g/mol. The van der Waals surface area contributed by atoms with Crippen molar-refractivity contribution in [2.24, 2.45) is 5.92 Å². The Kier molecular flexibility index (Phi) is 6.99. The van der Waals surface area contributed by atoms with Crippen molar-refractivity contribution in [2.75, 3.05) is 14.2 Å². The third-order valence-electron chi connectivity index (χ3n) is 3.13. The molecule has 1 aromatic rings. The minimum absolute atomic E-state index is 0.0283. The van der Waals surface area contributed by atoms with Crippen LogP contribution in [0.5, 0.6) is 5.75 Å². The number of carboxylic acid groups (broad SMARTS) is 1. The molecule has 0 bridgehead atoms. The monoisotopic (exact) mass is 345 g/mol. The molecule has 0 spiro atoms. The predicted molar refractivity (Wildman–Crippen MR) is 84.9 cm³/mol. The minimum Gasteiger partial charge on any atom is -0.495 e. The third-order valence-corrected chi connectivity index (χ3v) is 4.62. The Morgan fingerprint density at radius 3 is 2.43 bits per heavy atom. The van der Waals surface area contributed by atoms with Crippen LogP contribution in [0.2, 0.25) is 0 Å². The van der Waals surface area contributed by atoms with Crippen LogP contribution in [0.1, 0.15) is 25.8 Å². The number of carbonyl (C=O) groups is 1. The van der Waals surface area contributed by atoms with E-state index in [9.17, 15) is 18.3 Å². The molecule has 0 fully saturated rings. The molecule has 1 aromatic carbocycles. The number of hydrogen-bond donors (Lipinski definition) is 2. The molecule has 1 unspecified atom stereocenters. The fourth-order valence-corrected chi connectivity index (χ4v) is 3.53. The van der Waals surface area contributed by atoms with E-state index < -0.39 is 22.0 Å². The highest BCUT2D eigenvalue weighted by Gasteiger charge is 2.28. The van der Waals surface area contributed by atoms with E-state index in [1.165, 1.54) is 26.4 Å². The van der Waals surface area contributed by atoms with Gasteiger partial charge in [0, 0.05) is 7.11 Å². The molecule has 0 radical (unpaired) electrons. The fraction of sp³-hybridized carbons (Fsp3) is 0.533. The molecule has 0 saturated heterocycles. The number of nitrogens with one attached hydrogen (secondary N) is 1. The van der Waals surface area contributed by atoms with E-state index in [1.807, 2.05) is 13.8 Å². The van der Waals surface area contributed by atoms with E-state index in [4.69, 9.17) is 9.47 Å². The van der Waals surface area contributed by atoms with Crippen LogP contribution >= 0.6 is 0 Å². The SMILES string of the molecule is COCc1ccc(OC)c(S(=O)(=O)NC(CC(C)C)C(=O)O)c1. The van der Waals surface area contributed by atoms with Gasteiger partial charge in [-0.2, -0.15) is 4.72 Å². The molecule has 1 rings (SSSR count). The van der Waals surface area contributed by atoms with Gasteiger partial charge in [-0.25, -0.2) is 8.42 Å². The first-order valence-electron chi connectivity index (χ1n) is 7.12. The molecule has 8 heteroatoms. The number of ether oxygens (including phenoxy) is 2. The van der Waals surface area contributed by atoms with Crippen molar-refractivity contribution < 1.29 is 27.8 Å². The third kappa shape index (κ3) is 5.49. The van der Waals surface area contributed by atoms with Crippen LogP contribution in [-0.4, -0.2) is 39.8 Å².